The molecule has 3 aromatic rings. The van der Waals surface area contributed by atoms with Crippen LogP contribution in [0.5, 0.6) is 0 Å². The maximum Gasteiger partial charge on any atom is 0.337 e. The van der Waals surface area contributed by atoms with Gasteiger partial charge >= 0.3 is 5.97 Å². The summed E-state index contributed by atoms with van der Waals surface area (Å²) in [5.41, 5.74) is 3.84. The Hall–Kier alpha value is -2.92. The average Bonchev–Trinajstić information content (AvgIpc) is 3.15. The summed E-state index contributed by atoms with van der Waals surface area (Å²) in [5.74, 6) is -1.25. The molecule has 126 valence electrons. The van der Waals surface area contributed by atoms with E-state index in [0.29, 0.717) is 18.5 Å². The molecule has 0 aliphatic rings. The number of hydrogen-bond donors (Lipinski definition) is 2. The van der Waals surface area contributed by atoms with Crippen LogP contribution in [0.15, 0.2) is 65.4 Å². The monoisotopic (exact) mass is 351 g/mol. The maximum absolute atomic E-state index is 12.1. The quantitative estimate of drug-likeness (QED) is 0.677. The summed E-state index contributed by atoms with van der Waals surface area (Å²) in [4.78, 5) is 23.3. The van der Waals surface area contributed by atoms with Crippen molar-refractivity contribution in [2.45, 2.75) is 12.8 Å². The van der Waals surface area contributed by atoms with Crippen LogP contribution in [0.25, 0.3) is 11.1 Å². The lowest BCUT2D eigenvalue weighted by Gasteiger charge is -2.08. The Morgan fingerprint density at radius 1 is 0.960 bits per heavy atom. The van der Waals surface area contributed by atoms with Gasteiger partial charge in [-0.05, 0) is 52.1 Å². The number of carboxylic acid groups (broad SMARTS) is 1. The molecule has 0 atom stereocenters. The van der Waals surface area contributed by atoms with Crippen molar-refractivity contribution in [2.75, 3.05) is 5.32 Å². The lowest BCUT2D eigenvalue weighted by molar-refractivity contribution is -0.116. The molecule has 2 N–H and O–H groups in total. The van der Waals surface area contributed by atoms with Gasteiger partial charge in [-0.1, -0.05) is 36.4 Å². The van der Waals surface area contributed by atoms with Gasteiger partial charge in [-0.3, -0.25) is 4.79 Å². The SMILES string of the molecule is O=C(CCc1ccc(-c2ccsc2)cc1)Nc1ccccc1C(=O)O. The second-order valence-electron chi connectivity index (χ2n) is 5.61. The third kappa shape index (κ3) is 4.33. The minimum absolute atomic E-state index is 0.0935. The number of nitrogens with one attached hydrogen (secondary N) is 1. The first-order valence-corrected chi connectivity index (χ1v) is 8.81. The fourth-order valence-corrected chi connectivity index (χ4v) is 3.21. The minimum atomic E-state index is -1.06. The van der Waals surface area contributed by atoms with Crippen LogP contribution < -0.4 is 5.32 Å². The molecule has 4 nitrogen and oxygen atoms in total. The third-order valence-electron chi connectivity index (χ3n) is 3.88. The molecule has 0 bridgehead atoms. The summed E-state index contributed by atoms with van der Waals surface area (Å²) >= 11 is 1.66. The molecule has 5 heteroatoms. The minimum Gasteiger partial charge on any atom is -0.478 e. The second-order valence-corrected chi connectivity index (χ2v) is 6.39. The Balaban J connectivity index is 1.58. The third-order valence-corrected chi connectivity index (χ3v) is 4.56. The molecule has 3 rings (SSSR count). The van der Waals surface area contributed by atoms with Gasteiger partial charge in [0.15, 0.2) is 0 Å². The normalized spacial score (nSPS) is 10.4. The highest BCUT2D eigenvalue weighted by Gasteiger charge is 2.11. The van der Waals surface area contributed by atoms with Crippen LogP contribution in [-0.4, -0.2) is 17.0 Å². The molecular formula is C20H17NO3S. The van der Waals surface area contributed by atoms with Gasteiger partial charge in [0.25, 0.3) is 0 Å². The number of carboxylic acids is 1. The van der Waals surface area contributed by atoms with E-state index >= 15 is 0 Å². The summed E-state index contributed by atoms with van der Waals surface area (Å²) in [6.07, 6.45) is 0.900. The Bertz CT molecular complexity index is 870. The molecule has 1 amide bonds. The lowest BCUT2D eigenvalue weighted by atomic mass is 10.0. The molecule has 2 aromatic carbocycles. The Morgan fingerprint density at radius 3 is 2.40 bits per heavy atom. The van der Waals surface area contributed by atoms with Crippen LogP contribution in [0.2, 0.25) is 0 Å². The van der Waals surface area contributed by atoms with Crippen LogP contribution in [0, 0.1) is 0 Å². The van der Waals surface area contributed by atoms with E-state index < -0.39 is 5.97 Å². The molecule has 0 spiro atoms. The summed E-state index contributed by atoms with van der Waals surface area (Å²) < 4.78 is 0. The highest BCUT2D eigenvalue weighted by atomic mass is 32.1. The molecule has 0 aliphatic carbocycles. The molecule has 0 fully saturated rings. The number of amides is 1. The first kappa shape index (κ1) is 16.9. The summed E-state index contributed by atoms with van der Waals surface area (Å²) in [6.45, 7) is 0. The number of aromatic carboxylic acids is 1. The lowest BCUT2D eigenvalue weighted by Crippen LogP contribution is -2.15. The number of carbonyl (C=O) groups excluding carboxylic acids is 1. The standard InChI is InChI=1S/C20H17NO3S/c22-19(21-18-4-2-1-3-17(18)20(23)24)10-7-14-5-8-15(9-6-14)16-11-12-25-13-16/h1-6,8-9,11-13H,7,10H2,(H,21,22)(H,23,24). The van der Waals surface area contributed by atoms with Gasteiger partial charge in [-0.25, -0.2) is 4.79 Å². The van der Waals surface area contributed by atoms with Crippen LogP contribution in [0.4, 0.5) is 5.69 Å². The van der Waals surface area contributed by atoms with Crippen molar-refractivity contribution >= 4 is 28.9 Å². The van der Waals surface area contributed by atoms with Crippen LogP contribution >= 0.6 is 11.3 Å². The van der Waals surface area contributed by atoms with Crippen molar-refractivity contribution in [3.8, 4) is 11.1 Å². The second kappa shape index (κ2) is 7.77. The predicted octanol–water partition coefficient (Wildman–Crippen LogP) is 4.68. The van der Waals surface area contributed by atoms with Crippen molar-refractivity contribution in [3.63, 3.8) is 0 Å². The fourth-order valence-electron chi connectivity index (χ4n) is 2.54. The summed E-state index contributed by atoms with van der Waals surface area (Å²) in [5, 5.41) is 16.0. The maximum atomic E-state index is 12.1. The molecule has 0 saturated carbocycles. The van der Waals surface area contributed by atoms with Crippen molar-refractivity contribution in [3.05, 3.63) is 76.5 Å². The first-order valence-electron chi connectivity index (χ1n) is 7.87. The summed E-state index contributed by atoms with van der Waals surface area (Å²) in [6, 6.07) is 16.6. The number of rotatable bonds is 6. The van der Waals surface area contributed by atoms with Crippen LogP contribution in [0.3, 0.4) is 0 Å². The van der Waals surface area contributed by atoms with Crippen molar-refractivity contribution < 1.29 is 14.7 Å². The van der Waals surface area contributed by atoms with E-state index in [2.05, 4.69) is 28.9 Å². The van der Waals surface area contributed by atoms with Crippen LogP contribution in [0.1, 0.15) is 22.3 Å². The Morgan fingerprint density at radius 2 is 1.72 bits per heavy atom. The summed E-state index contributed by atoms with van der Waals surface area (Å²) in [7, 11) is 0. The number of carbonyl (C=O) groups is 2. The zero-order valence-electron chi connectivity index (χ0n) is 13.4. The van der Waals surface area contributed by atoms with Gasteiger partial charge in [0.1, 0.15) is 0 Å². The van der Waals surface area contributed by atoms with Crippen molar-refractivity contribution in [1.82, 2.24) is 0 Å². The number of para-hydroxylation sites is 1. The highest BCUT2D eigenvalue weighted by Crippen LogP contribution is 2.22. The highest BCUT2D eigenvalue weighted by molar-refractivity contribution is 7.08. The zero-order valence-corrected chi connectivity index (χ0v) is 14.3. The van der Waals surface area contributed by atoms with E-state index in [-0.39, 0.29) is 11.5 Å². The molecular weight excluding hydrogens is 334 g/mol. The molecule has 1 aromatic heterocycles. The smallest absolute Gasteiger partial charge is 0.337 e. The molecule has 0 unspecified atom stereocenters. The molecule has 25 heavy (non-hydrogen) atoms. The van der Waals surface area contributed by atoms with Crippen LogP contribution in [-0.2, 0) is 11.2 Å². The number of thiophene rings is 1. The van der Waals surface area contributed by atoms with Gasteiger partial charge in [0, 0.05) is 6.42 Å². The van der Waals surface area contributed by atoms with Gasteiger partial charge in [0.2, 0.25) is 5.91 Å². The van der Waals surface area contributed by atoms with E-state index in [0.717, 1.165) is 11.1 Å². The van der Waals surface area contributed by atoms with E-state index in [1.165, 1.54) is 11.6 Å². The molecule has 0 saturated heterocycles. The number of aryl methyl sites for hydroxylation is 1. The molecule has 1 heterocycles. The van der Waals surface area contributed by atoms with Crippen molar-refractivity contribution in [2.24, 2.45) is 0 Å². The van der Waals surface area contributed by atoms with Gasteiger partial charge < -0.3 is 10.4 Å². The first-order chi connectivity index (χ1) is 12.1. The largest absolute Gasteiger partial charge is 0.478 e. The fraction of sp³-hybridized carbons (Fsp3) is 0.100. The number of benzene rings is 2. The average molecular weight is 351 g/mol. The zero-order chi connectivity index (χ0) is 17.6. The van der Waals surface area contributed by atoms with Gasteiger partial charge in [-0.15, -0.1) is 0 Å². The number of anilines is 1. The molecule has 0 radical (unpaired) electrons. The van der Waals surface area contributed by atoms with E-state index in [4.69, 9.17) is 5.11 Å². The Kier molecular flexibility index (Phi) is 5.26. The predicted molar refractivity (Wildman–Crippen MR) is 100 cm³/mol. The molecule has 0 aliphatic heterocycles. The van der Waals surface area contributed by atoms with Gasteiger partial charge in [0.05, 0.1) is 11.3 Å². The number of hydrogen-bond acceptors (Lipinski definition) is 3. The van der Waals surface area contributed by atoms with Crippen molar-refractivity contribution in [1.29, 1.82) is 0 Å². The van der Waals surface area contributed by atoms with E-state index in [9.17, 15) is 9.59 Å². The van der Waals surface area contributed by atoms with Gasteiger partial charge in [-0.2, -0.15) is 11.3 Å². The topological polar surface area (TPSA) is 66.4 Å². The van der Waals surface area contributed by atoms with E-state index in [1.54, 1.807) is 29.5 Å². The van der Waals surface area contributed by atoms with E-state index in [1.807, 2.05) is 17.5 Å². The Labute approximate surface area is 149 Å².